The van der Waals surface area contributed by atoms with Crippen molar-refractivity contribution in [2.45, 2.75) is 12.6 Å². The van der Waals surface area contributed by atoms with Crippen molar-refractivity contribution in [2.75, 3.05) is 5.32 Å². The lowest BCUT2D eigenvalue weighted by Crippen LogP contribution is -2.15. The van der Waals surface area contributed by atoms with Gasteiger partial charge in [0.15, 0.2) is 5.82 Å². The number of benzene rings is 1. The Balaban J connectivity index is 1.52. The van der Waals surface area contributed by atoms with Crippen molar-refractivity contribution >= 4 is 17.4 Å². The molecule has 3 heterocycles. The molecule has 2 atom stereocenters. The lowest BCUT2D eigenvalue weighted by molar-refractivity contribution is -0.117. The summed E-state index contributed by atoms with van der Waals surface area (Å²) in [4.78, 5) is 16.2. The maximum atomic E-state index is 14.5. The lowest BCUT2D eigenvalue weighted by Gasteiger charge is -2.09. The maximum Gasteiger partial charge on any atom is 0.231 e. The summed E-state index contributed by atoms with van der Waals surface area (Å²) in [6.07, 6.45) is 4.16. The normalized spacial score (nSPS) is 18.4. The predicted molar refractivity (Wildman–Crippen MR) is 99.9 cm³/mol. The summed E-state index contributed by atoms with van der Waals surface area (Å²) < 4.78 is 34.7. The van der Waals surface area contributed by atoms with Crippen LogP contribution >= 0.6 is 0 Å². The molecule has 0 bridgehead atoms. The zero-order chi connectivity index (χ0) is 19.3. The number of rotatable bonds is 4. The molecule has 3 aromatic heterocycles. The van der Waals surface area contributed by atoms with Gasteiger partial charge in [-0.2, -0.15) is 0 Å². The molecule has 5 rings (SSSR count). The Morgan fingerprint density at radius 3 is 2.79 bits per heavy atom. The molecule has 0 spiro atoms. The number of nitrogens with one attached hydrogen (secondary N) is 1. The molecule has 5 nitrogen and oxygen atoms in total. The first-order chi connectivity index (χ1) is 13.6. The molecule has 2 unspecified atom stereocenters. The van der Waals surface area contributed by atoms with Crippen LogP contribution in [0, 0.1) is 11.7 Å². The number of fused-ring (bicyclic) bond motifs is 1. The van der Waals surface area contributed by atoms with E-state index < -0.39 is 12.1 Å². The fourth-order valence-corrected chi connectivity index (χ4v) is 3.30. The number of pyridine rings is 1. The highest BCUT2D eigenvalue weighted by Gasteiger charge is 2.43. The summed E-state index contributed by atoms with van der Waals surface area (Å²) in [6.45, 7) is 0. The first-order valence-corrected chi connectivity index (χ1v) is 8.86. The minimum absolute atomic E-state index is 0.262. The minimum Gasteiger partial charge on any atom is -0.464 e. The van der Waals surface area contributed by atoms with Crippen LogP contribution < -0.4 is 5.32 Å². The van der Waals surface area contributed by atoms with E-state index in [2.05, 4.69) is 10.3 Å². The average Bonchev–Trinajstić information content (AvgIpc) is 3.08. The second-order valence-electron chi connectivity index (χ2n) is 6.80. The van der Waals surface area contributed by atoms with Gasteiger partial charge in [-0.3, -0.25) is 4.79 Å². The molecule has 1 aromatic carbocycles. The van der Waals surface area contributed by atoms with Gasteiger partial charge in [0.1, 0.15) is 23.4 Å². The number of hydrogen-bond donors (Lipinski definition) is 1. The molecule has 0 saturated heterocycles. The number of alkyl halides is 1. The standard InChI is InChI=1S/C21H15F2N3O2/c22-15-4-1-3-13(20(15)17-5-2-8-28-17)12-6-7-19-24-18(11-26(19)10-12)25-21(27)14-9-16(14)23/h1-8,10-11,14,16H,9H2,(H,25,27). The van der Waals surface area contributed by atoms with Gasteiger partial charge in [-0.25, -0.2) is 13.8 Å². The Morgan fingerprint density at radius 2 is 2.04 bits per heavy atom. The quantitative estimate of drug-likeness (QED) is 0.559. The molecule has 1 aliphatic carbocycles. The number of imidazole rings is 1. The Bertz CT molecular complexity index is 1180. The second-order valence-corrected chi connectivity index (χ2v) is 6.80. The zero-order valence-electron chi connectivity index (χ0n) is 14.6. The van der Waals surface area contributed by atoms with Gasteiger partial charge in [0.2, 0.25) is 5.91 Å². The number of aromatic nitrogens is 2. The third kappa shape index (κ3) is 2.85. The highest BCUT2D eigenvalue weighted by molar-refractivity contribution is 5.94. The summed E-state index contributed by atoms with van der Waals surface area (Å²) in [5.74, 6) is -0.523. The monoisotopic (exact) mass is 379 g/mol. The van der Waals surface area contributed by atoms with Crippen LogP contribution in [0.1, 0.15) is 6.42 Å². The number of furan rings is 1. The molecule has 1 N–H and O–H groups in total. The predicted octanol–water partition coefficient (Wildman–Crippen LogP) is 4.70. The number of anilines is 1. The maximum absolute atomic E-state index is 14.5. The fraction of sp³-hybridized carbons (Fsp3) is 0.143. The van der Waals surface area contributed by atoms with Gasteiger partial charge in [0.25, 0.3) is 0 Å². The molecule has 4 aromatic rings. The van der Waals surface area contributed by atoms with Gasteiger partial charge in [-0.1, -0.05) is 12.1 Å². The number of carbonyl (C=O) groups is 1. The smallest absolute Gasteiger partial charge is 0.231 e. The van der Waals surface area contributed by atoms with Crippen LogP contribution in [0.4, 0.5) is 14.6 Å². The van der Waals surface area contributed by atoms with Gasteiger partial charge in [-0.05, 0) is 47.9 Å². The van der Waals surface area contributed by atoms with E-state index in [1.54, 1.807) is 41.1 Å². The molecular formula is C21H15F2N3O2. The SMILES string of the molecule is O=C(Nc1cn2cc(-c3cccc(F)c3-c3ccco3)ccc2n1)C1CC1F. The van der Waals surface area contributed by atoms with Crippen LogP contribution in [0.5, 0.6) is 0 Å². The van der Waals surface area contributed by atoms with Crippen molar-refractivity contribution in [2.24, 2.45) is 5.92 Å². The van der Waals surface area contributed by atoms with Crippen LogP contribution in [0.3, 0.4) is 0 Å². The van der Waals surface area contributed by atoms with E-state index >= 15 is 0 Å². The second kappa shape index (κ2) is 6.30. The number of carbonyl (C=O) groups excluding carboxylic acids is 1. The summed E-state index contributed by atoms with van der Waals surface area (Å²) >= 11 is 0. The number of nitrogens with zero attached hydrogens (tertiary/aromatic N) is 2. The number of amides is 1. The van der Waals surface area contributed by atoms with Crippen LogP contribution in [0.2, 0.25) is 0 Å². The number of hydrogen-bond acceptors (Lipinski definition) is 3. The fourth-order valence-electron chi connectivity index (χ4n) is 3.30. The summed E-state index contributed by atoms with van der Waals surface area (Å²) in [5.41, 5.74) is 2.43. The highest BCUT2D eigenvalue weighted by atomic mass is 19.1. The highest BCUT2D eigenvalue weighted by Crippen LogP contribution is 2.36. The van der Waals surface area contributed by atoms with Crippen molar-refractivity contribution in [1.82, 2.24) is 9.38 Å². The van der Waals surface area contributed by atoms with Crippen LogP contribution in [-0.4, -0.2) is 21.5 Å². The van der Waals surface area contributed by atoms with Crippen LogP contribution in [-0.2, 0) is 4.79 Å². The molecular weight excluding hydrogens is 364 g/mol. The number of halogens is 2. The first kappa shape index (κ1) is 16.7. The average molecular weight is 379 g/mol. The molecule has 0 radical (unpaired) electrons. The molecule has 7 heteroatoms. The Hall–Kier alpha value is -3.48. The Morgan fingerprint density at radius 1 is 1.18 bits per heavy atom. The van der Waals surface area contributed by atoms with Gasteiger partial charge >= 0.3 is 0 Å². The Kier molecular flexibility index (Phi) is 3.75. The van der Waals surface area contributed by atoms with Crippen molar-refractivity contribution < 1.29 is 18.0 Å². The molecule has 1 amide bonds. The van der Waals surface area contributed by atoms with Gasteiger partial charge < -0.3 is 14.1 Å². The van der Waals surface area contributed by atoms with E-state index in [4.69, 9.17) is 4.42 Å². The van der Waals surface area contributed by atoms with E-state index in [-0.39, 0.29) is 18.1 Å². The summed E-state index contributed by atoms with van der Waals surface area (Å²) in [7, 11) is 0. The van der Waals surface area contributed by atoms with Gasteiger partial charge in [0, 0.05) is 6.20 Å². The topological polar surface area (TPSA) is 59.5 Å². The molecule has 28 heavy (non-hydrogen) atoms. The lowest BCUT2D eigenvalue weighted by atomic mass is 9.99. The summed E-state index contributed by atoms with van der Waals surface area (Å²) in [6, 6.07) is 11.9. The van der Waals surface area contributed by atoms with Crippen LogP contribution in [0.15, 0.2) is 65.5 Å². The van der Waals surface area contributed by atoms with E-state index in [0.717, 1.165) is 5.56 Å². The molecule has 140 valence electrons. The summed E-state index contributed by atoms with van der Waals surface area (Å²) in [5, 5.41) is 2.64. The zero-order valence-corrected chi connectivity index (χ0v) is 14.6. The van der Waals surface area contributed by atoms with Crippen molar-refractivity contribution in [1.29, 1.82) is 0 Å². The van der Waals surface area contributed by atoms with Crippen molar-refractivity contribution in [3.05, 3.63) is 66.9 Å². The van der Waals surface area contributed by atoms with Crippen molar-refractivity contribution in [3.63, 3.8) is 0 Å². The first-order valence-electron chi connectivity index (χ1n) is 8.86. The van der Waals surface area contributed by atoms with Gasteiger partial charge in [-0.15, -0.1) is 0 Å². The van der Waals surface area contributed by atoms with Crippen LogP contribution in [0.25, 0.3) is 28.1 Å². The molecule has 0 aliphatic heterocycles. The third-order valence-electron chi connectivity index (χ3n) is 4.84. The van der Waals surface area contributed by atoms with Crippen molar-refractivity contribution in [3.8, 4) is 22.5 Å². The molecule has 1 fully saturated rings. The van der Waals surface area contributed by atoms with E-state index in [0.29, 0.717) is 28.4 Å². The Labute approximate surface area is 158 Å². The third-order valence-corrected chi connectivity index (χ3v) is 4.84. The minimum atomic E-state index is -1.06. The molecule has 1 saturated carbocycles. The van der Waals surface area contributed by atoms with E-state index in [1.165, 1.54) is 12.3 Å². The largest absolute Gasteiger partial charge is 0.464 e. The van der Waals surface area contributed by atoms with E-state index in [9.17, 15) is 13.6 Å². The molecule has 1 aliphatic rings. The van der Waals surface area contributed by atoms with E-state index in [1.807, 2.05) is 12.1 Å². The van der Waals surface area contributed by atoms with Gasteiger partial charge in [0.05, 0.1) is 23.9 Å².